The summed E-state index contributed by atoms with van der Waals surface area (Å²) in [5.41, 5.74) is 2.01. The molecule has 0 aromatic heterocycles. The molecule has 1 fully saturated rings. The Kier molecular flexibility index (Phi) is 10.3. The molecular weight excluding hydrogens is 557 g/mol. The lowest BCUT2D eigenvalue weighted by atomic mass is 9.87. The van der Waals surface area contributed by atoms with E-state index in [1.165, 1.54) is 4.90 Å². The average molecular weight is 597 g/mol. The summed E-state index contributed by atoms with van der Waals surface area (Å²) < 4.78 is 26.8. The summed E-state index contributed by atoms with van der Waals surface area (Å²) in [7, 11) is -3.80. The number of nitrogens with zero attached hydrogens (tertiary/aromatic N) is 2. The maximum Gasteiger partial charge on any atom is 0.244 e. The molecule has 1 unspecified atom stereocenters. The molecule has 1 aliphatic carbocycles. The van der Waals surface area contributed by atoms with E-state index in [0.29, 0.717) is 27.7 Å². The number of benzene rings is 2. The first-order chi connectivity index (χ1) is 18.2. The Balaban J connectivity index is 1.94. The van der Waals surface area contributed by atoms with E-state index in [-0.39, 0.29) is 23.9 Å². The van der Waals surface area contributed by atoms with Gasteiger partial charge in [-0.05, 0) is 60.1 Å². The molecule has 1 aliphatic rings. The van der Waals surface area contributed by atoms with Crippen molar-refractivity contribution < 1.29 is 18.0 Å². The summed E-state index contributed by atoms with van der Waals surface area (Å²) in [6, 6.07) is 11.5. The number of sulfonamides is 1. The summed E-state index contributed by atoms with van der Waals surface area (Å²) in [6.45, 7) is 7.69. The predicted octanol–water partition coefficient (Wildman–Crippen LogP) is 5.92. The van der Waals surface area contributed by atoms with Gasteiger partial charge in [0.05, 0.1) is 22.0 Å². The Labute approximate surface area is 242 Å². The van der Waals surface area contributed by atoms with Crippen molar-refractivity contribution in [1.29, 1.82) is 0 Å². The average Bonchev–Trinajstić information content (AvgIpc) is 3.36. The largest absolute Gasteiger partial charge is 0.352 e. The van der Waals surface area contributed by atoms with Crippen LogP contribution >= 0.6 is 23.2 Å². The minimum absolute atomic E-state index is 0.0763. The first kappa shape index (κ1) is 31.2. The summed E-state index contributed by atoms with van der Waals surface area (Å²) in [5.74, 6) is -0.724. The van der Waals surface area contributed by atoms with E-state index in [0.717, 1.165) is 41.8 Å². The fraction of sp³-hybridized carbons (Fsp3) is 0.517. The number of nitrogens with one attached hydrogen (secondary N) is 1. The molecule has 0 radical (unpaired) electrons. The van der Waals surface area contributed by atoms with E-state index in [1.54, 1.807) is 30.3 Å². The Bertz CT molecular complexity index is 1270. The normalized spacial score (nSPS) is 15.2. The van der Waals surface area contributed by atoms with Gasteiger partial charge in [0.15, 0.2) is 0 Å². The zero-order valence-electron chi connectivity index (χ0n) is 23.3. The smallest absolute Gasteiger partial charge is 0.244 e. The molecule has 10 heteroatoms. The molecule has 2 aromatic rings. The second-order valence-corrected chi connectivity index (χ2v) is 14.0. The lowest BCUT2D eigenvalue weighted by Crippen LogP contribution is -2.53. The number of anilines is 1. The van der Waals surface area contributed by atoms with Gasteiger partial charge in [-0.15, -0.1) is 0 Å². The van der Waals surface area contributed by atoms with Gasteiger partial charge in [-0.3, -0.25) is 13.9 Å². The SMILES string of the molecule is CCC(C(=O)NC1CCCC1)N(Cc1ccc(Cl)c(Cl)c1)C(=O)CN(c1ccc(C(C)(C)C)cc1)S(C)(=O)=O. The second kappa shape index (κ2) is 12.9. The van der Waals surface area contributed by atoms with Gasteiger partial charge in [0, 0.05) is 12.6 Å². The topological polar surface area (TPSA) is 86.8 Å². The molecule has 7 nitrogen and oxygen atoms in total. The van der Waals surface area contributed by atoms with Crippen LogP contribution in [0.5, 0.6) is 0 Å². The molecule has 3 rings (SSSR count). The molecule has 0 bridgehead atoms. The second-order valence-electron chi connectivity index (χ2n) is 11.3. The number of carbonyl (C=O) groups is 2. The molecule has 39 heavy (non-hydrogen) atoms. The molecule has 2 amide bonds. The predicted molar refractivity (Wildman–Crippen MR) is 159 cm³/mol. The monoisotopic (exact) mass is 595 g/mol. The minimum Gasteiger partial charge on any atom is -0.352 e. The van der Waals surface area contributed by atoms with E-state index >= 15 is 0 Å². The summed E-state index contributed by atoms with van der Waals surface area (Å²) in [5, 5.41) is 3.81. The number of rotatable bonds is 10. The Morgan fingerprint density at radius 3 is 2.15 bits per heavy atom. The molecule has 0 heterocycles. The van der Waals surface area contributed by atoms with Gasteiger partial charge >= 0.3 is 0 Å². The highest BCUT2D eigenvalue weighted by molar-refractivity contribution is 7.92. The van der Waals surface area contributed by atoms with Crippen LogP contribution in [0.4, 0.5) is 5.69 Å². The number of hydrogen-bond donors (Lipinski definition) is 1. The summed E-state index contributed by atoms with van der Waals surface area (Å²) in [4.78, 5) is 28.7. The van der Waals surface area contributed by atoms with Crippen LogP contribution in [-0.2, 0) is 31.6 Å². The van der Waals surface area contributed by atoms with E-state index in [9.17, 15) is 18.0 Å². The highest BCUT2D eigenvalue weighted by Gasteiger charge is 2.33. The molecule has 0 aliphatic heterocycles. The third-order valence-corrected chi connectivity index (χ3v) is 9.00. The van der Waals surface area contributed by atoms with Crippen LogP contribution < -0.4 is 9.62 Å². The number of halogens is 2. The Morgan fingerprint density at radius 2 is 1.64 bits per heavy atom. The van der Waals surface area contributed by atoms with Crippen LogP contribution in [0.3, 0.4) is 0 Å². The zero-order valence-corrected chi connectivity index (χ0v) is 25.7. The van der Waals surface area contributed by atoms with Crippen molar-refractivity contribution in [1.82, 2.24) is 10.2 Å². The zero-order chi connectivity index (χ0) is 29.0. The molecule has 1 atom stereocenters. The summed E-state index contributed by atoms with van der Waals surface area (Å²) in [6.07, 6.45) is 5.39. The fourth-order valence-electron chi connectivity index (χ4n) is 4.86. The van der Waals surface area contributed by atoms with Crippen molar-refractivity contribution in [3.05, 3.63) is 63.6 Å². The van der Waals surface area contributed by atoms with Crippen molar-refractivity contribution in [3.63, 3.8) is 0 Å². The van der Waals surface area contributed by atoms with Crippen LogP contribution in [0.15, 0.2) is 42.5 Å². The molecule has 2 aromatic carbocycles. The maximum atomic E-state index is 13.9. The van der Waals surface area contributed by atoms with Gasteiger partial charge in [0.1, 0.15) is 12.6 Å². The van der Waals surface area contributed by atoms with Crippen LogP contribution in [0.25, 0.3) is 0 Å². The lowest BCUT2D eigenvalue weighted by molar-refractivity contribution is -0.140. The van der Waals surface area contributed by atoms with Crippen molar-refractivity contribution in [2.45, 2.75) is 83.8 Å². The third kappa shape index (κ3) is 8.35. The van der Waals surface area contributed by atoms with Crippen molar-refractivity contribution in [2.75, 3.05) is 17.1 Å². The van der Waals surface area contributed by atoms with Crippen molar-refractivity contribution in [3.8, 4) is 0 Å². The third-order valence-electron chi connectivity index (χ3n) is 7.12. The van der Waals surface area contributed by atoms with Crippen molar-refractivity contribution in [2.24, 2.45) is 0 Å². The first-order valence-corrected chi connectivity index (χ1v) is 15.9. The molecular formula is C29H39Cl2N3O4S. The standard InChI is InChI=1S/C29H39Cl2N3O4S/c1-6-26(28(36)32-22-9-7-8-10-22)33(18-20-11-16-24(30)25(31)17-20)27(35)19-34(39(5,37)38)23-14-12-21(13-15-23)29(2,3)4/h11-17,22,26H,6-10,18-19H2,1-5H3,(H,32,36). The van der Waals surface area contributed by atoms with E-state index in [4.69, 9.17) is 23.2 Å². The maximum absolute atomic E-state index is 13.9. The quantitative estimate of drug-likeness (QED) is 0.369. The molecule has 0 saturated heterocycles. The number of amides is 2. The summed E-state index contributed by atoms with van der Waals surface area (Å²) >= 11 is 12.3. The molecule has 1 N–H and O–H groups in total. The molecule has 0 spiro atoms. The van der Waals surface area contributed by atoms with Crippen LogP contribution in [-0.4, -0.2) is 50.0 Å². The minimum atomic E-state index is -3.80. The van der Waals surface area contributed by atoms with E-state index < -0.39 is 28.5 Å². The van der Waals surface area contributed by atoms with Crippen LogP contribution in [0.1, 0.15) is 70.9 Å². The first-order valence-electron chi connectivity index (χ1n) is 13.3. The van der Waals surface area contributed by atoms with Crippen LogP contribution in [0.2, 0.25) is 10.0 Å². The number of carbonyl (C=O) groups excluding carboxylic acids is 2. The highest BCUT2D eigenvalue weighted by Crippen LogP contribution is 2.27. The fourth-order valence-corrected chi connectivity index (χ4v) is 6.03. The Hall–Kier alpha value is -2.29. The highest BCUT2D eigenvalue weighted by atomic mass is 35.5. The van der Waals surface area contributed by atoms with Gasteiger partial charge < -0.3 is 10.2 Å². The Morgan fingerprint density at radius 1 is 1.03 bits per heavy atom. The van der Waals surface area contributed by atoms with E-state index in [2.05, 4.69) is 26.1 Å². The van der Waals surface area contributed by atoms with E-state index in [1.807, 2.05) is 19.1 Å². The lowest BCUT2D eigenvalue weighted by Gasteiger charge is -2.33. The van der Waals surface area contributed by atoms with Gasteiger partial charge in [-0.1, -0.05) is 81.9 Å². The van der Waals surface area contributed by atoms with Gasteiger partial charge in [0.2, 0.25) is 21.8 Å². The molecule has 214 valence electrons. The van der Waals surface area contributed by atoms with Gasteiger partial charge in [0.25, 0.3) is 0 Å². The number of hydrogen-bond acceptors (Lipinski definition) is 4. The van der Waals surface area contributed by atoms with Crippen LogP contribution in [0, 0.1) is 0 Å². The molecule has 1 saturated carbocycles. The van der Waals surface area contributed by atoms with Gasteiger partial charge in [-0.25, -0.2) is 8.42 Å². The van der Waals surface area contributed by atoms with Crippen molar-refractivity contribution >= 4 is 50.7 Å². The van der Waals surface area contributed by atoms with Gasteiger partial charge in [-0.2, -0.15) is 0 Å².